The summed E-state index contributed by atoms with van der Waals surface area (Å²) in [5, 5.41) is 1.94. The van der Waals surface area contributed by atoms with Gasteiger partial charge in [-0.15, -0.1) is 11.3 Å². The number of benzene rings is 2. The molecule has 0 saturated heterocycles. The van der Waals surface area contributed by atoms with Crippen molar-refractivity contribution in [2.45, 2.75) is 13.0 Å². The second-order valence-electron chi connectivity index (χ2n) is 7.72. The summed E-state index contributed by atoms with van der Waals surface area (Å²) < 4.78 is 12.9. The Labute approximate surface area is 209 Å². The molecule has 0 aliphatic carbocycles. The molecule has 0 amide bonds. The number of carbonyl (C=O) groups excluding carboxylic acids is 1. The van der Waals surface area contributed by atoms with Gasteiger partial charge >= 0.3 is 5.97 Å². The Kier molecular flexibility index (Phi) is 6.48. The summed E-state index contributed by atoms with van der Waals surface area (Å²) in [5.74, 6) is 0.231. The summed E-state index contributed by atoms with van der Waals surface area (Å²) in [5.41, 5.74) is 2.32. The predicted octanol–water partition coefficient (Wildman–Crippen LogP) is 4.01. The van der Waals surface area contributed by atoms with Crippen LogP contribution in [0.4, 0.5) is 0 Å². The van der Waals surface area contributed by atoms with E-state index in [2.05, 4.69) is 0 Å². The first-order chi connectivity index (χ1) is 17.1. The minimum atomic E-state index is -0.632. The SMILES string of the molecule is CCOC(=O)C1=C(c2ccccc2)N=c2s/c(=C/c3cccc(OC)c3)c(=O)n2[C@@H]1c1cccs1. The number of thiophene rings is 1. The van der Waals surface area contributed by atoms with Crippen molar-refractivity contribution in [2.75, 3.05) is 13.7 Å². The van der Waals surface area contributed by atoms with Crippen LogP contribution in [-0.4, -0.2) is 24.3 Å². The fraction of sp³-hybridized carbons (Fsp3) is 0.148. The lowest BCUT2D eigenvalue weighted by atomic mass is 9.97. The summed E-state index contributed by atoms with van der Waals surface area (Å²) in [6.45, 7) is 1.99. The van der Waals surface area contributed by atoms with Crippen LogP contribution in [0.25, 0.3) is 11.8 Å². The average molecular weight is 503 g/mol. The number of aromatic nitrogens is 1. The third-order valence-corrected chi connectivity index (χ3v) is 7.49. The van der Waals surface area contributed by atoms with Crippen LogP contribution in [0, 0.1) is 0 Å². The van der Waals surface area contributed by atoms with Gasteiger partial charge in [-0.25, -0.2) is 9.79 Å². The lowest BCUT2D eigenvalue weighted by molar-refractivity contribution is -0.138. The molecule has 4 aromatic rings. The van der Waals surface area contributed by atoms with Gasteiger partial charge in [-0.2, -0.15) is 0 Å². The number of rotatable bonds is 6. The van der Waals surface area contributed by atoms with Crippen molar-refractivity contribution < 1.29 is 14.3 Å². The molecule has 1 atom stereocenters. The van der Waals surface area contributed by atoms with Gasteiger partial charge < -0.3 is 9.47 Å². The minimum absolute atomic E-state index is 0.205. The third-order valence-electron chi connectivity index (χ3n) is 5.58. The number of nitrogens with zero attached hydrogens (tertiary/aromatic N) is 2. The maximum atomic E-state index is 13.7. The fourth-order valence-electron chi connectivity index (χ4n) is 4.04. The first-order valence-electron chi connectivity index (χ1n) is 11.1. The van der Waals surface area contributed by atoms with E-state index in [0.717, 1.165) is 16.0 Å². The van der Waals surface area contributed by atoms with E-state index in [9.17, 15) is 9.59 Å². The summed E-state index contributed by atoms with van der Waals surface area (Å²) >= 11 is 2.79. The van der Waals surface area contributed by atoms with Gasteiger partial charge in [0.25, 0.3) is 5.56 Å². The maximum Gasteiger partial charge on any atom is 0.338 e. The first-order valence-corrected chi connectivity index (χ1v) is 12.8. The Balaban J connectivity index is 1.80. The van der Waals surface area contributed by atoms with Crippen LogP contribution in [-0.2, 0) is 9.53 Å². The van der Waals surface area contributed by atoms with Crippen molar-refractivity contribution in [2.24, 2.45) is 4.99 Å². The van der Waals surface area contributed by atoms with Crippen molar-refractivity contribution in [3.63, 3.8) is 0 Å². The molecular formula is C27H22N2O4S2. The highest BCUT2D eigenvalue weighted by Gasteiger charge is 2.35. The first kappa shape index (κ1) is 23.0. The van der Waals surface area contributed by atoms with Crippen molar-refractivity contribution in [3.8, 4) is 5.75 Å². The smallest absolute Gasteiger partial charge is 0.338 e. The monoisotopic (exact) mass is 502 g/mol. The van der Waals surface area contributed by atoms with Crippen molar-refractivity contribution in [3.05, 3.63) is 113 Å². The predicted molar refractivity (Wildman–Crippen MR) is 138 cm³/mol. The third kappa shape index (κ3) is 4.38. The van der Waals surface area contributed by atoms with Gasteiger partial charge in [0.2, 0.25) is 0 Å². The van der Waals surface area contributed by atoms with Crippen LogP contribution in [0.15, 0.2) is 87.5 Å². The Bertz CT molecular complexity index is 1580. The quantitative estimate of drug-likeness (QED) is 0.374. The number of hydrogen-bond donors (Lipinski definition) is 0. The maximum absolute atomic E-state index is 13.7. The topological polar surface area (TPSA) is 69.9 Å². The molecular weight excluding hydrogens is 480 g/mol. The van der Waals surface area contributed by atoms with Gasteiger partial charge in [0.05, 0.1) is 29.5 Å². The van der Waals surface area contributed by atoms with E-state index in [0.29, 0.717) is 26.4 Å². The van der Waals surface area contributed by atoms with Crippen LogP contribution >= 0.6 is 22.7 Å². The number of ether oxygens (including phenoxy) is 2. The molecule has 176 valence electrons. The minimum Gasteiger partial charge on any atom is -0.497 e. The van der Waals surface area contributed by atoms with Gasteiger partial charge in [0.1, 0.15) is 11.8 Å². The lowest BCUT2D eigenvalue weighted by Gasteiger charge is -2.24. The number of methoxy groups -OCH3 is 1. The van der Waals surface area contributed by atoms with Gasteiger partial charge in [0.15, 0.2) is 4.80 Å². The zero-order valence-corrected chi connectivity index (χ0v) is 20.8. The van der Waals surface area contributed by atoms with E-state index < -0.39 is 12.0 Å². The second-order valence-corrected chi connectivity index (χ2v) is 9.71. The molecule has 8 heteroatoms. The van der Waals surface area contributed by atoms with Crippen LogP contribution < -0.4 is 19.6 Å². The van der Waals surface area contributed by atoms with E-state index in [1.54, 1.807) is 18.6 Å². The lowest BCUT2D eigenvalue weighted by Crippen LogP contribution is -2.39. The number of carbonyl (C=O) groups is 1. The van der Waals surface area contributed by atoms with Gasteiger partial charge in [-0.1, -0.05) is 59.9 Å². The highest BCUT2D eigenvalue weighted by Crippen LogP contribution is 2.36. The molecule has 3 heterocycles. The Morgan fingerprint density at radius 2 is 1.94 bits per heavy atom. The van der Waals surface area contributed by atoms with Crippen LogP contribution in [0.5, 0.6) is 5.75 Å². The highest BCUT2D eigenvalue weighted by atomic mass is 32.1. The van der Waals surface area contributed by atoms with Crippen molar-refractivity contribution >= 4 is 40.4 Å². The number of hydrogen-bond acceptors (Lipinski definition) is 7. The second kappa shape index (κ2) is 9.85. The normalized spacial score (nSPS) is 15.5. The van der Waals surface area contributed by atoms with Gasteiger partial charge in [-0.05, 0) is 42.1 Å². The van der Waals surface area contributed by atoms with Gasteiger partial charge in [0, 0.05) is 10.4 Å². The van der Waals surface area contributed by atoms with E-state index in [1.807, 2.05) is 78.2 Å². The molecule has 6 nitrogen and oxygen atoms in total. The summed E-state index contributed by atoms with van der Waals surface area (Å²) in [6, 6.07) is 20.3. The van der Waals surface area contributed by atoms with Crippen LogP contribution in [0.1, 0.15) is 29.0 Å². The number of esters is 1. The molecule has 1 aliphatic heterocycles. The van der Waals surface area contributed by atoms with Crippen LogP contribution in [0.2, 0.25) is 0 Å². The van der Waals surface area contributed by atoms with Crippen molar-refractivity contribution in [1.82, 2.24) is 4.57 Å². The molecule has 0 bridgehead atoms. The molecule has 35 heavy (non-hydrogen) atoms. The number of thiazole rings is 1. The van der Waals surface area contributed by atoms with Gasteiger partial charge in [-0.3, -0.25) is 9.36 Å². The molecule has 0 N–H and O–H groups in total. The largest absolute Gasteiger partial charge is 0.497 e. The van der Waals surface area contributed by atoms with E-state index in [-0.39, 0.29) is 12.2 Å². The van der Waals surface area contributed by atoms with E-state index in [1.165, 1.54) is 22.7 Å². The molecule has 2 aromatic carbocycles. The summed E-state index contributed by atoms with van der Waals surface area (Å²) in [7, 11) is 1.61. The summed E-state index contributed by atoms with van der Waals surface area (Å²) in [6.07, 6.45) is 1.83. The molecule has 0 fully saturated rings. The summed E-state index contributed by atoms with van der Waals surface area (Å²) in [4.78, 5) is 33.3. The Hall–Kier alpha value is -3.75. The molecule has 1 aliphatic rings. The fourth-order valence-corrected chi connectivity index (χ4v) is 5.86. The number of fused-ring (bicyclic) bond motifs is 1. The molecule has 0 radical (unpaired) electrons. The van der Waals surface area contributed by atoms with E-state index in [4.69, 9.17) is 14.5 Å². The van der Waals surface area contributed by atoms with Crippen molar-refractivity contribution in [1.29, 1.82) is 0 Å². The average Bonchev–Trinajstić information content (AvgIpc) is 3.52. The Morgan fingerprint density at radius 1 is 1.11 bits per heavy atom. The molecule has 2 aromatic heterocycles. The molecule has 0 saturated carbocycles. The highest BCUT2D eigenvalue weighted by molar-refractivity contribution is 7.10. The zero-order chi connectivity index (χ0) is 24.4. The molecule has 0 spiro atoms. The standard InChI is InChI=1S/C27H22N2O4S2/c1-3-33-26(31)22-23(18-10-5-4-6-11-18)28-27-29(24(22)20-13-8-14-34-20)25(30)21(35-27)16-17-9-7-12-19(15-17)32-2/h4-16,24H,3H2,1-2H3/b21-16+/t24-/m1/s1. The molecule has 5 rings (SSSR count). The van der Waals surface area contributed by atoms with Crippen LogP contribution in [0.3, 0.4) is 0 Å². The molecule has 0 unspecified atom stereocenters. The Morgan fingerprint density at radius 3 is 2.66 bits per heavy atom. The van der Waals surface area contributed by atoms with E-state index >= 15 is 0 Å². The zero-order valence-electron chi connectivity index (χ0n) is 19.1.